The van der Waals surface area contributed by atoms with Crippen molar-refractivity contribution in [2.45, 2.75) is 6.42 Å². The number of fused-ring (bicyclic) bond motifs is 1. The summed E-state index contributed by atoms with van der Waals surface area (Å²) < 4.78 is 5.07. The molecule has 3 rings (SSSR count). The summed E-state index contributed by atoms with van der Waals surface area (Å²) in [5.74, 6) is 0. The Hall–Kier alpha value is -2.09. The fourth-order valence-electron chi connectivity index (χ4n) is 1.86. The van der Waals surface area contributed by atoms with Crippen LogP contribution in [0, 0.1) is 0 Å². The highest BCUT2D eigenvalue weighted by Gasteiger charge is 2.00. The highest BCUT2D eigenvalue weighted by molar-refractivity contribution is 5.76. The van der Waals surface area contributed by atoms with Crippen LogP contribution in [0.15, 0.2) is 59.3 Å². The van der Waals surface area contributed by atoms with Crippen LogP contribution in [0.5, 0.6) is 0 Å². The van der Waals surface area contributed by atoms with Crippen LogP contribution >= 0.6 is 0 Å². The van der Waals surface area contributed by atoms with Crippen molar-refractivity contribution in [2.75, 3.05) is 0 Å². The van der Waals surface area contributed by atoms with Gasteiger partial charge in [0.2, 0.25) is 0 Å². The normalized spacial score (nSPS) is 10.8. The molecule has 0 N–H and O–H groups in total. The van der Waals surface area contributed by atoms with Gasteiger partial charge in [0.05, 0.1) is 6.20 Å². The lowest BCUT2D eigenvalue weighted by molar-refractivity contribution is 0.456. The molecule has 0 radical (unpaired) electrons. The van der Waals surface area contributed by atoms with E-state index >= 15 is 0 Å². The first kappa shape index (κ1) is 9.16. The van der Waals surface area contributed by atoms with Gasteiger partial charge >= 0.3 is 0 Å². The molecule has 0 unspecified atom stereocenters. The van der Waals surface area contributed by atoms with Gasteiger partial charge in [-0.15, -0.1) is 0 Å². The molecule has 0 atom stereocenters. The van der Waals surface area contributed by atoms with Crippen molar-refractivity contribution in [2.24, 2.45) is 0 Å². The monoisotopic (exact) mass is 209 g/mol. The molecule has 0 spiro atoms. The standard InChI is InChI=1S/C14H11NO/c1-2-4-11(5-3-1)8-12-6-7-14-13(9-12)10-15-16-14/h1-7,9-10H,8H2. The van der Waals surface area contributed by atoms with E-state index in [9.17, 15) is 0 Å². The average molecular weight is 209 g/mol. The molecular formula is C14H11NO. The number of hydrogen-bond acceptors (Lipinski definition) is 2. The zero-order chi connectivity index (χ0) is 10.8. The van der Waals surface area contributed by atoms with E-state index in [4.69, 9.17) is 4.52 Å². The van der Waals surface area contributed by atoms with E-state index in [-0.39, 0.29) is 0 Å². The van der Waals surface area contributed by atoms with Gasteiger partial charge in [0.25, 0.3) is 0 Å². The van der Waals surface area contributed by atoms with Crippen molar-refractivity contribution in [1.82, 2.24) is 5.16 Å². The van der Waals surface area contributed by atoms with Gasteiger partial charge in [-0.1, -0.05) is 41.6 Å². The van der Waals surface area contributed by atoms with E-state index in [1.807, 2.05) is 12.1 Å². The van der Waals surface area contributed by atoms with Crippen molar-refractivity contribution < 1.29 is 4.52 Å². The van der Waals surface area contributed by atoms with E-state index in [0.29, 0.717) is 0 Å². The minimum absolute atomic E-state index is 0.844. The molecule has 0 aliphatic heterocycles. The second kappa shape index (κ2) is 3.81. The van der Waals surface area contributed by atoms with Crippen LogP contribution in [0.3, 0.4) is 0 Å². The van der Waals surface area contributed by atoms with Crippen molar-refractivity contribution in [3.63, 3.8) is 0 Å². The van der Waals surface area contributed by atoms with E-state index in [0.717, 1.165) is 17.4 Å². The molecule has 1 aromatic heterocycles. The molecule has 16 heavy (non-hydrogen) atoms. The Labute approximate surface area is 93.5 Å². The maximum Gasteiger partial charge on any atom is 0.166 e. The molecule has 0 amide bonds. The highest BCUT2D eigenvalue weighted by Crippen LogP contribution is 2.17. The second-order valence-corrected chi connectivity index (χ2v) is 3.86. The highest BCUT2D eigenvalue weighted by atomic mass is 16.5. The summed E-state index contributed by atoms with van der Waals surface area (Å²) in [6.07, 6.45) is 2.70. The quantitative estimate of drug-likeness (QED) is 0.646. The zero-order valence-electron chi connectivity index (χ0n) is 8.76. The third-order valence-corrected chi connectivity index (χ3v) is 2.67. The van der Waals surface area contributed by atoms with Crippen molar-refractivity contribution >= 4 is 11.0 Å². The second-order valence-electron chi connectivity index (χ2n) is 3.86. The van der Waals surface area contributed by atoms with E-state index < -0.39 is 0 Å². The number of nitrogens with zero attached hydrogens (tertiary/aromatic N) is 1. The fourth-order valence-corrected chi connectivity index (χ4v) is 1.86. The Morgan fingerprint density at radius 3 is 2.69 bits per heavy atom. The van der Waals surface area contributed by atoms with Crippen molar-refractivity contribution in [1.29, 1.82) is 0 Å². The van der Waals surface area contributed by atoms with Gasteiger partial charge in [-0.05, 0) is 29.7 Å². The molecule has 0 fully saturated rings. The summed E-state index contributed by atoms with van der Waals surface area (Å²) in [5, 5.41) is 4.84. The first-order chi connectivity index (χ1) is 7.92. The summed E-state index contributed by atoms with van der Waals surface area (Å²) in [4.78, 5) is 0. The Morgan fingerprint density at radius 2 is 1.81 bits per heavy atom. The average Bonchev–Trinajstić information content (AvgIpc) is 2.77. The molecule has 2 aromatic carbocycles. The molecule has 0 bridgehead atoms. The molecule has 0 aliphatic rings. The summed E-state index contributed by atoms with van der Waals surface area (Å²) >= 11 is 0. The van der Waals surface area contributed by atoms with Gasteiger partial charge in [0, 0.05) is 5.39 Å². The topological polar surface area (TPSA) is 26.0 Å². The van der Waals surface area contributed by atoms with Gasteiger partial charge < -0.3 is 4.52 Å². The minimum atomic E-state index is 0.844. The first-order valence-corrected chi connectivity index (χ1v) is 5.29. The Morgan fingerprint density at radius 1 is 0.938 bits per heavy atom. The van der Waals surface area contributed by atoms with Crippen LogP contribution in [-0.4, -0.2) is 5.16 Å². The van der Waals surface area contributed by atoms with Gasteiger partial charge in [-0.3, -0.25) is 0 Å². The maximum atomic E-state index is 5.07. The summed E-state index contributed by atoms with van der Waals surface area (Å²) in [6.45, 7) is 0. The summed E-state index contributed by atoms with van der Waals surface area (Å²) in [5.41, 5.74) is 3.44. The van der Waals surface area contributed by atoms with Crippen LogP contribution in [0.1, 0.15) is 11.1 Å². The van der Waals surface area contributed by atoms with Gasteiger partial charge in [0.15, 0.2) is 5.58 Å². The molecular weight excluding hydrogens is 198 g/mol. The van der Waals surface area contributed by atoms with E-state index in [2.05, 4.69) is 41.6 Å². The molecule has 2 nitrogen and oxygen atoms in total. The predicted molar refractivity (Wildman–Crippen MR) is 63.3 cm³/mol. The van der Waals surface area contributed by atoms with Gasteiger partial charge in [-0.25, -0.2) is 0 Å². The molecule has 0 saturated carbocycles. The van der Waals surface area contributed by atoms with Crippen LogP contribution in [0.2, 0.25) is 0 Å². The Balaban J connectivity index is 1.94. The lowest BCUT2D eigenvalue weighted by Gasteiger charge is -2.01. The molecule has 0 saturated heterocycles. The van der Waals surface area contributed by atoms with Gasteiger partial charge in [0.1, 0.15) is 0 Å². The largest absolute Gasteiger partial charge is 0.356 e. The van der Waals surface area contributed by atoms with E-state index in [1.54, 1.807) is 6.20 Å². The number of hydrogen-bond donors (Lipinski definition) is 0. The maximum absolute atomic E-state index is 5.07. The molecule has 2 heteroatoms. The van der Waals surface area contributed by atoms with Crippen LogP contribution < -0.4 is 0 Å². The number of aromatic nitrogens is 1. The SMILES string of the molecule is c1ccc(Cc2ccc3oncc3c2)cc1. The summed E-state index contributed by atoms with van der Waals surface area (Å²) in [6, 6.07) is 16.6. The molecule has 1 heterocycles. The Bertz CT molecular complexity index is 598. The third-order valence-electron chi connectivity index (χ3n) is 2.67. The molecule has 78 valence electrons. The minimum Gasteiger partial charge on any atom is -0.356 e. The predicted octanol–water partition coefficient (Wildman–Crippen LogP) is 3.42. The lowest BCUT2D eigenvalue weighted by Crippen LogP contribution is -1.86. The number of rotatable bonds is 2. The fraction of sp³-hybridized carbons (Fsp3) is 0.0714. The van der Waals surface area contributed by atoms with Crippen molar-refractivity contribution in [3.05, 3.63) is 65.9 Å². The van der Waals surface area contributed by atoms with Gasteiger partial charge in [-0.2, -0.15) is 0 Å². The third kappa shape index (κ3) is 1.70. The smallest absolute Gasteiger partial charge is 0.166 e. The van der Waals surface area contributed by atoms with Crippen LogP contribution in [0.4, 0.5) is 0 Å². The molecule has 3 aromatic rings. The first-order valence-electron chi connectivity index (χ1n) is 5.29. The number of benzene rings is 2. The lowest BCUT2D eigenvalue weighted by atomic mass is 10.0. The summed E-state index contributed by atoms with van der Waals surface area (Å²) in [7, 11) is 0. The van der Waals surface area contributed by atoms with Crippen LogP contribution in [-0.2, 0) is 6.42 Å². The molecule has 0 aliphatic carbocycles. The van der Waals surface area contributed by atoms with E-state index in [1.165, 1.54) is 11.1 Å². The zero-order valence-corrected chi connectivity index (χ0v) is 8.76. The van der Waals surface area contributed by atoms with Crippen molar-refractivity contribution in [3.8, 4) is 0 Å². The van der Waals surface area contributed by atoms with Crippen LogP contribution in [0.25, 0.3) is 11.0 Å². The Kier molecular flexibility index (Phi) is 2.18.